The predicted octanol–water partition coefficient (Wildman–Crippen LogP) is 2.77. The minimum atomic E-state index is -0.266. The number of carbonyl (C=O) groups is 1. The lowest BCUT2D eigenvalue weighted by atomic mass is 9.79. The van der Waals surface area contributed by atoms with Crippen LogP contribution in [0.2, 0.25) is 0 Å². The van der Waals surface area contributed by atoms with Crippen molar-refractivity contribution in [3.8, 4) is 0 Å². The largest absolute Gasteiger partial charge is 0.462 e. The monoisotopic (exact) mass is 225 g/mol. The standard InChI is InChI=1S/C11H15NO2S/c1-2-14-11(13)9-8(6-15-10(9)12)7-4-3-5-7/h6-7H,2-5,12H2,1H3. The number of carbonyl (C=O) groups excluding carboxylic acids is 1. The van der Waals surface area contributed by atoms with Crippen LogP contribution in [-0.2, 0) is 4.74 Å². The Balaban J connectivity index is 2.26. The number of nitrogen functional groups attached to an aromatic ring is 1. The van der Waals surface area contributed by atoms with Gasteiger partial charge in [-0.05, 0) is 36.6 Å². The van der Waals surface area contributed by atoms with E-state index in [0.717, 1.165) is 5.56 Å². The van der Waals surface area contributed by atoms with Gasteiger partial charge in [0.25, 0.3) is 0 Å². The predicted molar refractivity (Wildman–Crippen MR) is 61.3 cm³/mol. The van der Waals surface area contributed by atoms with Crippen molar-refractivity contribution in [2.75, 3.05) is 12.3 Å². The van der Waals surface area contributed by atoms with Crippen LogP contribution in [0.15, 0.2) is 5.38 Å². The maximum atomic E-state index is 11.7. The van der Waals surface area contributed by atoms with Crippen molar-refractivity contribution >= 4 is 22.3 Å². The van der Waals surface area contributed by atoms with Gasteiger partial charge in [-0.1, -0.05) is 6.42 Å². The lowest BCUT2D eigenvalue weighted by Crippen LogP contribution is -2.14. The Morgan fingerprint density at radius 2 is 2.40 bits per heavy atom. The lowest BCUT2D eigenvalue weighted by molar-refractivity contribution is 0.0525. The van der Waals surface area contributed by atoms with E-state index in [2.05, 4.69) is 0 Å². The first-order chi connectivity index (χ1) is 7.24. The molecular formula is C11H15NO2S. The molecule has 0 saturated heterocycles. The van der Waals surface area contributed by atoms with Gasteiger partial charge in [0.15, 0.2) is 0 Å². The molecule has 0 aliphatic heterocycles. The molecule has 3 nitrogen and oxygen atoms in total. The second-order valence-electron chi connectivity index (χ2n) is 3.78. The summed E-state index contributed by atoms with van der Waals surface area (Å²) >= 11 is 1.44. The molecule has 0 aromatic carbocycles. The first kappa shape index (κ1) is 10.5. The number of ether oxygens (including phenoxy) is 1. The smallest absolute Gasteiger partial charge is 0.341 e. The van der Waals surface area contributed by atoms with Gasteiger partial charge in [-0.15, -0.1) is 11.3 Å². The van der Waals surface area contributed by atoms with Crippen LogP contribution in [0.1, 0.15) is 48.0 Å². The van der Waals surface area contributed by atoms with Crippen LogP contribution in [0.4, 0.5) is 5.00 Å². The normalized spacial score (nSPS) is 16.1. The number of thiophene rings is 1. The molecule has 0 unspecified atom stereocenters. The van der Waals surface area contributed by atoms with Crippen LogP contribution in [0.25, 0.3) is 0 Å². The van der Waals surface area contributed by atoms with E-state index in [0.29, 0.717) is 23.1 Å². The molecule has 1 fully saturated rings. The number of nitrogens with two attached hydrogens (primary N) is 1. The summed E-state index contributed by atoms with van der Waals surface area (Å²) in [6.45, 7) is 2.21. The molecule has 1 heterocycles. The molecule has 4 heteroatoms. The fraction of sp³-hybridized carbons (Fsp3) is 0.545. The Morgan fingerprint density at radius 1 is 1.67 bits per heavy atom. The highest BCUT2D eigenvalue weighted by Gasteiger charge is 2.28. The molecular weight excluding hydrogens is 210 g/mol. The average Bonchev–Trinajstić information content (AvgIpc) is 2.45. The molecule has 15 heavy (non-hydrogen) atoms. The van der Waals surface area contributed by atoms with Crippen molar-refractivity contribution in [2.45, 2.75) is 32.1 Å². The molecule has 1 aromatic rings. The van der Waals surface area contributed by atoms with E-state index in [4.69, 9.17) is 10.5 Å². The molecule has 1 aliphatic rings. The molecule has 1 saturated carbocycles. The van der Waals surface area contributed by atoms with E-state index in [-0.39, 0.29) is 5.97 Å². The summed E-state index contributed by atoms with van der Waals surface area (Å²) in [4.78, 5) is 11.7. The van der Waals surface area contributed by atoms with Crippen LogP contribution in [-0.4, -0.2) is 12.6 Å². The Bertz CT molecular complexity index is 369. The van der Waals surface area contributed by atoms with Gasteiger partial charge in [-0.2, -0.15) is 0 Å². The summed E-state index contributed by atoms with van der Waals surface area (Å²) < 4.78 is 5.01. The topological polar surface area (TPSA) is 52.3 Å². The maximum absolute atomic E-state index is 11.7. The minimum Gasteiger partial charge on any atom is -0.462 e. The van der Waals surface area contributed by atoms with E-state index < -0.39 is 0 Å². The minimum absolute atomic E-state index is 0.266. The fourth-order valence-electron chi connectivity index (χ4n) is 1.83. The number of esters is 1. The highest BCUT2D eigenvalue weighted by molar-refractivity contribution is 7.14. The highest BCUT2D eigenvalue weighted by atomic mass is 32.1. The van der Waals surface area contributed by atoms with E-state index in [1.54, 1.807) is 0 Å². The maximum Gasteiger partial charge on any atom is 0.341 e. The van der Waals surface area contributed by atoms with E-state index in [1.165, 1.54) is 30.6 Å². The SMILES string of the molecule is CCOC(=O)c1c(C2CCC2)csc1N. The first-order valence-electron chi connectivity index (χ1n) is 5.28. The van der Waals surface area contributed by atoms with Crippen molar-refractivity contribution < 1.29 is 9.53 Å². The Kier molecular flexibility index (Phi) is 2.95. The second kappa shape index (κ2) is 4.23. The second-order valence-corrected chi connectivity index (χ2v) is 4.69. The van der Waals surface area contributed by atoms with Crippen LogP contribution in [0, 0.1) is 0 Å². The zero-order valence-corrected chi connectivity index (χ0v) is 9.60. The molecule has 1 aliphatic carbocycles. The number of hydrogen-bond donors (Lipinski definition) is 1. The number of hydrogen-bond acceptors (Lipinski definition) is 4. The first-order valence-corrected chi connectivity index (χ1v) is 6.16. The third-order valence-corrected chi connectivity index (χ3v) is 3.70. The quantitative estimate of drug-likeness (QED) is 0.805. The van der Waals surface area contributed by atoms with Gasteiger partial charge in [-0.3, -0.25) is 0 Å². The third kappa shape index (κ3) is 1.86. The van der Waals surface area contributed by atoms with E-state index >= 15 is 0 Å². The van der Waals surface area contributed by atoms with Gasteiger partial charge in [-0.25, -0.2) is 4.79 Å². The molecule has 0 spiro atoms. The average molecular weight is 225 g/mol. The van der Waals surface area contributed by atoms with Crippen LogP contribution in [0.5, 0.6) is 0 Å². The molecule has 0 atom stereocenters. The molecule has 2 N–H and O–H groups in total. The van der Waals surface area contributed by atoms with Crippen LogP contribution in [0.3, 0.4) is 0 Å². The van der Waals surface area contributed by atoms with E-state index in [1.807, 2.05) is 12.3 Å². The zero-order valence-electron chi connectivity index (χ0n) is 8.79. The van der Waals surface area contributed by atoms with Crippen molar-refractivity contribution in [3.05, 3.63) is 16.5 Å². The summed E-state index contributed by atoms with van der Waals surface area (Å²) in [5.74, 6) is 0.260. The fourth-order valence-corrected chi connectivity index (χ4v) is 2.71. The summed E-state index contributed by atoms with van der Waals surface area (Å²) in [6.07, 6.45) is 3.59. The Labute approximate surface area is 93.2 Å². The summed E-state index contributed by atoms with van der Waals surface area (Å²) in [5.41, 5.74) is 7.52. The van der Waals surface area contributed by atoms with Crippen molar-refractivity contribution in [2.24, 2.45) is 0 Å². The van der Waals surface area contributed by atoms with Gasteiger partial charge in [0.05, 0.1) is 12.2 Å². The summed E-state index contributed by atoms with van der Waals surface area (Å²) in [5, 5.41) is 2.60. The molecule has 2 rings (SSSR count). The van der Waals surface area contributed by atoms with E-state index in [9.17, 15) is 4.79 Å². The van der Waals surface area contributed by atoms with Crippen molar-refractivity contribution in [3.63, 3.8) is 0 Å². The van der Waals surface area contributed by atoms with Crippen molar-refractivity contribution in [1.82, 2.24) is 0 Å². The molecule has 0 amide bonds. The Morgan fingerprint density at radius 3 is 2.93 bits per heavy atom. The molecule has 1 aromatic heterocycles. The lowest BCUT2D eigenvalue weighted by Gasteiger charge is -2.25. The van der Waals surface area contributed by atoms with Crippen LogP contribution >= 0.6 is 11.3 Å². The number of rotatable bonds is 3. The number of anilines is 1. The third-order valence-electron chi connectivity index (χ3n) is 2.87. The summed E-state index contributed by atoms with van der Waals surface area (Å²) in [7, 11) is 0. The summed E-state index contributed by atoms with van der Waals surface area (Å²) in [6, 6.07) is 0. The molecule has 0 bridgehead atoms. The van der Waals surface area contributed by atoms with Gasteiger partial charge in [0.2, 0.25) is 0 Å². The van der Waals surface area contributed by atoms with Crippen LogP contribution < -0.4 is 5.73 Å². The zero-order chi connectivity index (χ0) is 10.8. The molecule has 0 radical (unpaired) electrons. The molecule has 82 valence electrons. The van der Waals surface area contributed by atoms with Crippen molar-refractivity contribution in [1.29, 1.82) is 0 Å². The van der Waals surface area contributed by atoms with Gasteiger partial charge in [0, 0.05) is 0 Å². The van der Waals surface area contributed by atoms with Gasteiger partial charge in [0.1, 0.15) is 5.00 Å². The van der Waals surface area contributed by atoms with Gasteiger partial charge >= 0.3 is 5.97 Å². The highest BCUT2D eigenvalue weighted by Crippen LogP contribution is 2.42. The Hall–Kier alpha value is -1.03. The van der Waals surface area contributed by atoms with Gasteiger partial charge < -0.3 is 10.5 Å².